The maximum Gasteiger partial charge on any atom is 0.245 e. The summed E-state index contributed by atoms with van der Waals surface area (Å²) in [6.45, 7) is 7.70. The van der Waals surface area contributed by atoms with Gasteiger partial charge in [0.15, 0.2) is 0 Å². The van der Waals surface area contributed by atoms with Crippen molar-refractivity contribution in [2.75, 3.05) is 13.1 Å². The van der Waals surface area contributed by atoms with Crippen molar-refractivity contribution in [1.82, 2.24) is 4.90 Å². The number of unbranched alkanes of at least 4 members (excludes halogenated alkanes) is 10. The summed E-state index contributed by atoms with van der Waals surface area (Å²) in [4.78, 5) is 14.5. The lowest BCUT2D eigenvalue weighted by molar-refractivity contribution is -0.126. The first-order chi connectivity index (χ1) is 18.2. The summed E-state index contributed by atoms with van der Waals surface area (Å²) in [7, 11) is 0. The summed E-state index contributed by atoms with van der Waals surface area (Å²) in [6.07, 6.45) is 17.8. The highest BCUT2D eigenvalue weighted by molar-refractivity contribution is 6.23. The molecule has 0 aliphatic carbocycles. The summed E-state index contributed by atoms with van der Waals surface area (Å²) in [5.41, 5.74) is 1.42. The molecular formula is C35H45NO. The minimum Gasteiger partial charge on any atom is -0.339 e. The maximum atomic E-state index is 12.4. The third-order valence-corrected chi connectivity index (χ3v) is 8.01. The Hall–Kier alpha value is -2.87. The molecule has 4 aromatic rings. The lowest BCUT2D eigenvalue weighted by Gasteiger charge is -2.21. The molecule has 196 valence electrons. The van der Waals surface area contributed by atoms with Gasteiger partial charge >= 0.3 is 0 Å². The van der Waals surface area contributed by atoms with Crippen molar-refractivity contribution in [2.24, 2.45) is 0 Å². The Morgan fingerprint density at radius 2 is 1.22 bits per heavy atom. The van der Waals surface area contributed by atoms with E-state index in [1.165, 1.54) is 102 Å². The van der Waals surface area contributed by atoms with Crippen molar-refractivity contribution in [3.8, 4) is 0 Å². The molecule has 0 aliphatic rings. The number of amides is 1. The number of rotatable bonds is 17. The third kappa shape index (κ3) is 7.12. The fourth-order valence-electron chi connectivity index (χ4n) is 5.88. The molecule has 0 spiro atoms. The first kappa shape index (κ1) is 27.2. The van der Waals surface area contributed by atoms with Gasteiger partial charge in [0.2, 0.25) is 5.91 Å². The molecule has 0 atom stereocenters. The van der Waals surface area contributed by atoms with Gasteiger partial charge in [-0.3, -0.25) is 4.79 Å². The van der Waals surface area contributed by atoms with Crippen LogP contribution in [0.1, 0.15) is 89.5 Å². The highest BCUT2D eigenvalue weighted by atomic mass is 16.2. The number of benzene rings is 4. The van der Waals surface area contributed by atoms with E-state index < -0.39 is 0 Å². The topological polar surface area (TPSA) is 20.3 Å². The van der Waals surface area contributed by atoms with Gasteiger partial charge in [-0.25, -0.2) is 0 Å². The fourth-order valence-corrected chi connectivity index (χ4v) is 5.88. The minimum absolute atomic E-state index is 0.0821. The van der Waals surface area contributed by atoms with Gasteiger partial charge in [0.1, 0.15) is 0 Å². The minimum atomic E-state index is 0.0821. The number of hydrogen-bond acceptors (Lipinski definition) is 1. The van der Waals surface area contributed by atoms with Gasteiger partial charge in [0.05, 0.1) is 0 Å². The lowest BCUT2D eigenvalue weighted by Crippen LogP contribution is -2.31. The number of hydrogen-bond donors (Lipinski definition) is 0. The Morgan fingerprint density at radius 1 is 0.676 bits per heavy atom. The van der Waals surface area contributed by atoms with Crippen molar-refractivity contribution in [3.05, 3.63) is 72.8 Å². The Balaban J connectivity index is 1.24. The number of carbonyl (C=O) groups excluding carboxylic acids is 1. The third-order valence-electron chi connectivity index (χ3n) is 8.01. The van der Waals surface area contributed by atoms with Crippen molar-refractivity contribution in [1.29, 1.82) is 0 Å². The van der Waals surface area contributed by atoms with Crippen LogP contribution in [0.4, 0.5) is 0 Å². The second kappa shape index (κ2) is 14.2. The summed E-state index contributed by atoms with van der Waals surface area (Å²) < 4.78 is 0. The van der Waals surface area contributed by atoms with Gasteiger partial charge < -0.3 is 4.90 Å². The molecule has 2 heteroatoms. The van der Waals surface area contributed by atoms with Crippen LogP contribution in [-0.4, -0.2) is 23.9 Å². The first-order valence-electron chi connectivity index (χ1n) is 14.8. The molecule has 4 rings (SSSR count). The zero-order valence-electron chi connectivity index (χ0n) is 22.9. The molecule has 0 N–H and O–H groups in total. The van der Waals surface area contributed by atoms with Gasteiger partial charge in [-0.15, -0.1) is 0 Å². The van der Waals surface area contributed by atoms with E-state index in [-0.39, 0.29) is 5.91 Å². The van der Waals surface area contributed by atoms with E-state index >= 15 is 0 Å². The summed E-state index contributed by atoms with van der Waals surface area (Å²) >= 11 is 0. The summed E-state index contributed by atoms with van der Waals surface area (Å²) in [6, 6.07) is 20.2. The quantitative estimate of drug-likeness (QED) is 0.0810. The van der Waals surface area contributed by atoms with E-state index in [2.05, 4.69) is 68.1 Å². The van der Waals surface area contributed by atoms with Gasteiger partial charge in [-0.05, 0) is 69.6 Å². The van der Waals surface area contributed by atoms with Crippen LogP contribution < -0.4 is 0 Å². The molecular weight excluding hydrogens is 450 g/mol. The van der Waals surface area contributed by atoms with Crippen molar-refractivity contribution >= 4 is 38.2 Å². The van der Waals surface area contributed by atoms with Crippen LogP contribution in [0.25, 0.3) is 32.3 Å². The highest BCUT2D eigenvalue weighted by Gasteiger charge is 2.12. The molecule has 0 bridgehead atoms. The average Bonchev–Trinajstić information content (AvgIpc) is 2.93. The monoisotopic (exact) mass is 495 g/mol. The van der Waals surface area contributed by atoms with Crippen LogP contribution in [0.3, 0.4) is 0 Å². The molecule has 0 heterocycles. The van der Waals surface area contributed by atoms with E-state index in [4.69, 9.17) is 0 Å². The molecule has 0 aromatic heterocycles. The second-order valence-electron chi connectivity index (χ2n) is 10.7. The Kier molecular flexibility index (Phi) is 10.4. The van der Waals surface area contributed by atoms with Crippen LogP contribution in [0.2, 0.25) is 0 Å². The Labute approximate surface area is 224 Å². The molecule has 0 radical (unpaired) electrons. The van der Waals surface area contributed by atoms with Crippen LogP contribution >= 0.6 is 0 Å². The Bertz CT molecular complexity index is 1260. The molecule has 0 fully saturated rings. The molecule has 0 aliphatic heterocycles. The maximum absolute atomic E-state index is 12.4. The zero-order valence-corrected chi connectivity index (χ0v) is 22.9. The predicted octanol–water partition coefficient (Wildman–Crippen LogP) is 9.84. The molecule has 2 nitrogen and oxygen atoms in total. The van der Waals surface area contributed by atoms with Crippen molar-refractivity contribution < 1.29 is 4.79 Å². The van der Waals surface area contributed by atoms with Gasteiger partial charge in [-0.2, -0.15) is 0 Å². The van der Waals surface area contributed by atoms with Gasteiger partial charge in [0, 0.05) is 13.1 Å². The fraction of sp³-hybridized carbons (Fsp3) is 0.457. The van der Waals surface area contributed by atoms with Gasteiger partial charge in [0.25, 0.3) is 0 Å². The first-order valence-corrected chi connectivity index (χ1v) is 14.8. The molecule has 4 aromatic carbocycles. The SMILES string of the molecule is C=CC(=O)N(CCCCCCCCCCCC)CCCCc1ccc2ccc3cccc4ccc1c2c34. The molecule has 37 heavy (non-hydrogen) atoms. The number of carbonyl (C=O) groups is 1. The predicted molar refractivity (Wildman–Crippen MR) is 162 cm³/mol. The molecule has 0 unspecified atom stereocenters. The van der Waals surface area contributed by atoms with E-state index in [9.17, 15) is 4.79 Å². The molecule has 1 amide bonds. The highest BCUT2D eigenvalue weighted by Crippen LogP contribution is 2.36. The normalized spacial score (nSPS) is 11.6. The van der Waals surface area contributed by atoms with Crippen LogP contribution in [-0.2, 0) is 11.2 Å². The van der Waals surface area contributed by atoms with Crippen LogP contribution in [0.5, 0.6) is 0 Å². The smallest absolute Gasteiger partial charge is 0.245 e. The average molecular weight is 496 g/mol. The van der Waals surface area contributed by atoms with Gasteiger partial charge in [-0.1, -0.05) is 126 Å². The van der Waals surface area contributed by atoms with Crippen LogP contribution in [0.15, 0.2) is 67.3 Å². The van der Waals surface area contributed by atoms with Crippen molar-refractivity contribution in [2.45, 2.75) is 90.4 Å². The standard InChI is InChI=1S/C35H45NO/c1-3-5-6-7-8-9-10-11-12-14-26-36(33(37)4-2)27-15-13-17-28-20-21-31-23-22-29-18-16-19-30-24-25-32(28)35(31)34(29)30/h4,16,18-25H,2-3,5-15,17,26-27H2,1H3. The Morgan fingerprint density at radius 3 is 1.86 bits per heavy atom. The number of nitrogens with zero attached hydrogens (tertiary/aromatic N) is 1. The summed E-state index contributed by atoms with van der Waals surface area (Å²) in [5, 5.41) is 8.13. The summed E-state index contributed by atoms with van der Waals surface area (Å²) in [5.74, 6) is 0.0821. The largest absolute Gasteiger partial charge is 0.339 e. The van der Waals surface area contributed by atoms with Crippen LogP contribution in [0, 0.1) is 0 Å². The van der Waals surface area contributed by atoms with E-state index in [1.807, 2.05) is 4.90 Å². The van der Waals surface area contributed by atoms with Crippen molar-refractivity contribution in [3.63, 3.8) is 0 Å². The lowest BCUT2D eigenvalue weighted by atomic mass is 9.90. The second-order valence-corrected chi connectivity index (χ2v) is 10.7. The molecule has 0 saturated carbocycles. The van der Waals surface area contributed by atoms with E-state index in [0.29, 0.717) is 0 Å². The van der Waals surface area contributed by atoms with E-state index in [0.717, 1.165) is 38.8 Å². The molecule has 0 saturated heterocycles. The zero-order chi connectivity index (χ0) is 25.9. The number of aryl methyl sites for hydroxylation is 1. The van der Waals surface area contributed by atoms with E-state index in [1.54, 1.807) is 0 Å².